The molecule has 2 aromatic heterocycles. The summed E-state index contributed by atoms with van der Waals surface area (Å²) in [6, 6.07) is 4.40. The van der Waals surface area contributed by atoms with Crippen LogP contribution in [0.25, 0.3) is 10.8 Å². The molecule has 2 aliphatic carbocycles. The molecule has 0 saturated heterocycles. The van der Waals surface area contributed by atoms with Gasteiger partial charge in [-0.15, -0.1) is 21.5 Å². The Hall–Kier alpha value is -1.85. The molecule has 1 N–H and O–H groups in total. The number of hydrogen-bond acceptors (Lipinski definition) is 7. The Labute approximate surface area is 166 Å². The van der Waals surface area contributed by atoms with E-state index in [2.05, 4.69) is 34.6 Å². The van der Waals surface area contributed by atoms with Crippen LogP contribution in [0.3, 0.4) is 0 Å². The molecule has 2 atom stereocenters. The topological polar surface area (TPSA) is 91.8 Å². The molecule has 1 amide bonds. The molecule has 142 valence electrons. The van der Waals surface area contributed by atoms with Crippen LogP contribution in [0.15, 0.2) is 15.7 Å². The highest BCUT2D eigenvalue weighted by molar-refractivity contribution is 7.99. The SMILES string of the molecule is C[C@H]1CCc2sc(-c3nnc(SCC(=O)N[C@](C)(C#N)C4CC4)o3)cc2C1. The minimum absolute atomic E-state index is 0.157. The number of nitrogens with one attached hydrogen (secondary N) is 1. The second-order valence-corrected chi connectivity index (χ2v) is 9.77. The fourth-order valence-corrected chi connectivity index (χ4v) is 5.21. The van der Waals surface area contributed by atoms with Crippen LogP contribution in [-0.4, -0.2) is 27.4 Å². The van der Waals surface area contributed by atoms with Crippen molar-refractivity contribution in [1.29, 1.82) is 5.26 Å². The Bertz CT molecular complexity index is 896. The van der Waals surface area contributed by atoms with Gasteiger partial charge in [0.15, 0.2) is 0 Å². The Kier molecular flexibility index (Phi) is 4.99. The molecule has 27 heavy (non-hydrogen) atoms. The van der Waals surface area contributed by atoms with Crippen molar-refractivity contribution < 1.29 is 9.21 Å². The number of rotatable bonds is 6. The first-order chi connectivity index (χ1) is 13.0. The van der Waals surface area contributed by atoms with Crippen molar-refractivity contribution in [3.05, 3.63) is 16.5 Å². The standard InChI is InChI=1S/C19H22N4O2S2/c1-11-3-6-14-12(7-11)8-15(27-14)17-22-23-18(25-17)26-9-16(24)21-19(2,10-20)13-4-5-13/h8,11,13H,3-7,9H2,1-2H3,(H,21,24)/t11-,19+/m0/s1. The van der Waals surface area contributed by atoms with Gasteiger partial charge in [0.05, 0.1) is 16.7 Å². The van der Waals surface area contributed by atoms with Crippen LogP contribution in [0.4, 0.5) is 0 Å². The molecule has 8 heteroatoms. The van der Waals surface area contributed by atoms with Gasteiger partial charge in [-0.1, -0.05) is 18.7 Å². The number of fused-ring (bicyclic) bond motifs is 1. The number of thiophene rings is 1. The number of nitrogens with zero attached hydrogens (tertiary/aromatic N) is 3. The Morgan fingerprint density at radius 3 is 3.04 bits per heavy atom. The largest absolute Gasteiger partial charge is 0.410 e. The van der Waals surface area contributed by atoms with Crippen LogP contribution < -0.4 is 5.32 Å². The van der Waals surface area contributed by atoms with E-state index in [0.29, 0.717) is 11.1 Å². The molecule has 0 bridgehead atoms. The first-order valence-electron chi connectivity index (χ1n) is 9.27. The molecule has 1 saturated carbocycles. The zero-order chi connectivity index (χ0) is 19.0. The summed E-state index contributed by atoms with van der Waals surface area (Å²) in [5, 5.41) is 20.8. The highest BCUT2D eigenvalue weighted by atomic mass is 32.2. The molecule has 1 fully saturated rings. The van der Waals surface area contributed by atoms with Gasteiger partial charge in [0.2, 0.25) is 5.91 Å². The number of hydrogen-bond donors (Lipinski definition) is 1. The van der Waals surface area contributed by atoms with Crippen LogP contribution in [0.2, 0.25) is 0 Å². The van der Waals surface area contributed by atoms with E-state index in [-0.39, 0.29) is 17.6 Å². The quantitative estimate of drug-likeness (QED) is 0.739. The summed E-state index contributed by atoms with van der Waals surface area (Å²) in [5.41, 5.74) is 0.626. The number of aromatic nitrogens is 2. The second-order valence-electron chi connectivity index (χ2n) is 7.71. The van der Waals surface area contributed by atoms with E-state index in [1.807, 2.05) is 0 Å². The molecule has 2 heterocycles. The number of aryl methyl sites for hydroxylation is 1. The maximum Gasteiger partial charge on any atom is 0.277 e. The third-order valence-electron chi connectivity index (χ3n) is 5.30. The van der Waals surface area contributed by atoms with Gasteiger partial charge in [-0.05, 0) is 62.5 Å². The van der Waals surface area contributed by atoms with E-state index in [4.69, 9.17) is 4.42 Å². The van der Waals surface area contributed by atoms with E-state index in [9.17, 15) is 10.1 Å². The lowest BCUT2D eigenvalue weighted by Gasteiger charge is -2.22. The van der Waals surface area contributed by atoms with Gasteiger partial charge in [0, 0.05) is 4.88 Å². The number of nitriles is 1. The predicted octanol–water partition coefficient (Wildman–Crippen LogP) is 3.82. The average Bonchev–Trinajstić information content (AvgIpc) is 3.26. The van der Waals surface area contributed by atoms with Gasteiger partial charge in [-0.25, -0.2) is 0 Å². The van der Waals surface area contributed by atoms with Gasteiger partial charge in [0.1, 0.15) is 5.54 Å². The van der Waals surface area contributed by atoms with Crippen molar-refractivity contribution in [2.45, 2.75) is 56.7 Å². The highest BCUT2D eigenvalue weighted by Crippen LogP contribution is 2.39. The maximum atomic E-state index is 12.2. The van der Waals surface area contributed by atoms with E-state index in [0.717, 1.165) is 36.5 Å². The van der Waals surface area contributed by atoms with Gasteiger partial charge in [-0.3, -0.25) is 4.79 Å². The van der Waals surface area contributed by atoms with Crippen molar-refractivity contribution >= 4 is 29.0 Å². The zero-order valence-electron chi connectivity index (χ0n) is 15.4. The molecule has 2 aromatic rings. The molecule has 0 radical (unpaired) electrons. The summed E-state index contributed by atoms with van der Waals surface area (Å²) in [7, 11) is 0. The smallest absolute Gasteiger partial charge is 0.277 e. The summed E-state index contributed by atoms with van der Waals surface area (Å²) in [5.74, 6) is 1.48. The highest BCUT2D eigenvalue weighted by Gasteiger charge is 2.43. The molecule has 6 nitrogen and oxygen atoms in total. The van der Waals surface area contributed by atoms with E-state index in [1.54, 1.807) is 18.3 Å². The third kappa shape index (κ3) is 4.04. The van der Waals surface area contributed by atoms with E-state index < -0.39 is 5.54 Å². The van der Waals surface area contributed by atoms with Crippen LogP contribution in [-0.2, 0) is 17.6 Å². The lowest BCUT2D eigenvalue weighted by atomic mass is 9.90. The lowest BCUT2D eigenvalue weighted by Crippen LogP contribution is -2.47. The Morgan fingerprint density at radius 2 is 2.30 bits per heavy atom. The summed E-state index contributed by atoms with van der Waals surface area (Å²) in [4.78, 5) is 14.6. The van der Waals surface area contributed by atoms with Crippen LogP contribution >= 0.6 is 23.1 Å². The monoisotopic (exact) mass is 402 g/mol. The first-order valence-corrected chi connectivity index (χ1v) is 11.1. The Morgan fingerprint density at radius 1 is 1.48 bits per heavy atom. The van der Waals surface area contributed by atoms with Crippen molar-refractivity contribution in [2.75, 3.05) is 5.75 Å². The number of carbonyl (C=O) groups is 1. The van der Waals surface area contributed by atoms with E-state index >= 15 is 0 Å². The van der Waals surface area contributed by atoms with E-state index in [1.165, 1.54) is 28.6 Å². The van der Waals surface area contributed by atoms with Crippen molar-refractivity contribution in [3.63, 3.8) is 0 Å². The first kappa shape index (κ1) is 18.5. The summed E-state index contributed by atoms with van der Waals surface area (Å²) >= 11 is 2.93. The summed E-state index contributed by atoms with van der Waals surface area (Å²) in [6.07, 6.45) is 5.45. The minimum Gasteiger partial charge on any atom is -0.410 e. The second kappa shape index (κ2) is 7.28. The fourth-order valence-electron chi connectivity index (χ4n) is 3.51. The number of thioether (sulfide) groups is 1. The summed E-state index contributed by atoms with van der Waals surface area (Å²) in [6.45, 7) is 4.07. The van der Waals surface area contributed by atoms with Gasteiger partial charge in [-0.2, -0.15) is 5.26 Å². The van der Waals surface area contributed by atoms with Crippen LogP contribution in [0, 0.1) is 23.2 Å². The number of amides is 1. The molecule has 0 unspecified atom stereocenters. The average molecular weight is 403 g/mol. The molecular weight excluding hydrogens is 380 g/mol. The number of carbonyl (C=O) groups excluding carboxylic acids is 1. The van der Waals surface area contributed by atoms with Gasteiger partial charge in [0.25, 0.3) is 11.1 Å². The molecule has 0 aliphatic heterocycles. The maximum absolute atomic E-state index is 12.2. The molecule has 0 spiro atoms. The van der Waals surface area contributed by atoms with Crippen LogP contribution in [0.1, 0.15) is 43.6 Å². The molecule has 4 rings (SSSR count). The molecule has 0 aromatic carbocycles. The predicted molar refractivity (Wildman–Crippen MR) is 104 cm³/mol. The molecule has 2 aliphatic rings. The lowest BCUT2D eigenvalue weighted by molar-refractivity contribution is -0.119. The van der Waals surface area contributed by atoms with Crippen molar-refractivity contribution in [1.82, 2.24) is 15.5 Å². The van der Waals surface area contributed by atoms with Gasteiger partial charge >= 0.3 is 0 Å². The normalized spacial score (nSPS) is 21.1. The molecular formula is C19H22N4O2S2. The van der Waals surface area contributed by atoms with Gasteiger partial charge < -0.3 is 9.73 Å². The zero-order valence-corrected chi connectivity index (χ0v) is 17.1. The van der Waals surface area contributed by atoms with Crippen LogP contribution in [0.5, 0.6) is 0 Å². The fraction of sp³-hybridized carbons (Fsp3) is 0.579. The van der Waals surface area contributed by atoms with Crippen molar-refractivity contribution in [2.24, 2.45) is 11.8 Å². The Balaban J connectivity index is 1.36. The summed E-state index contributed by atoms with van der Waals surface area (Å²) < 4.78 is 5.75. The third-order valence-corrected chi connectivity index (χ3v) is 7.34. The van der Waals surface area contributed by atoms with Crippen molar-refractivity contribution in [3.8, 4) is 16.8 Å². The minimum atomic E-state index is -0.773.